The van der Waals surface area contributed by atoms with Crippen LogP contribution in [0.4, 0.5) is 8.78 Å². The van der Waals surface area contributed by atoms with Gasteiger partial charge < -0.3 is 0 Å². The SMILES string of the molecule is O=S(=O)(CC1(CBr)CC1)c1ccc(F)cc1F. The van der Waals surface area contributed by atoms with Gasteiger partial charge in [0.15, 0.2) is 9.84 Å². The topological polar surface area (TPSA) is 34.1 Å². The zero-order valence-electron chi connectivity index (χ0n) is 8.92. The van der Waals surface area contributed by atoms with E-state index in [-0.39, 0.29) is 11.2 Å². The molecule has 2 nitrogen and oxygen atoms in total. The van der Waals surface area contributed by atoms with Gasteiger partial charge in [-0.2, -0.15) is 0 Å². The van der Waals surface area contributed by atoms with E-state index in [1.54, 1.807) is 0 Å². The summed E-state index contributed by atoms with van der Waals surface area (Å²) in [5, 5.41) is 0.585. The van der Waals surface area contributed by atoms with E-state index in [2.05, 4.69) is 15.9 Å². The van der Waals surface area contributed by atoms with Crippen molar-refractivity contribution in [2.75, 3.05) is 11.1 Å². The Kier molecular flexibility index (Phi) is 3.29. The Balaban J connectivity index is 2.32. The van der Waals surface area contributed by atoms with Crippen LogP contribution in [0.2, 0.25) is 0 Å². The van der Waals surface area contributed by atoms with Crippen molar-refractivity contribution in [1.82, 2.24) is 0 Å². The van der Waals surface area contributed by atoms with Crippen LogP contribution >= 0.6 is 15.9 Å². The van der Waals surface area contributed by atoms with Gasteiger partial charge in [-0.3, -0.25) is 0 Å². The van der Waals surface area contributed by atoms with E-state index in [1.165, 1.54) is 0 Å². The molecule has 0 N–H and O–H groups in total. The zero-order chi connectivity index (χ0) is 12.7. The number of sulfone groups is 1. The summed E-state index contributed by atoms with van der Waals surface area (Å²) < 4.78 is 50.1. The van der Waals surface area contributed by atoms with E-state index < -0.39 is 26.4 Å². The molecule has 1 aromatic rings. The second-order valence-electron chi connectivity index (χ2n) is 4.47. The lowest BCUT2D eigenvalue weighted by molar-refractivity contribution is 0.540. The smallest absolute Gasteiger partial charge is 0.181 e. The molecule has 1 fully saturated rings. The first-order chi connectivity index (χ1) is 7.88. The Morgan fingerprint density at radius 2 is 1.94 bits per heavy atom. The average Bonchev–Trinajstić information content (AvgIpc) is 2.97. The van der Waals surface area contributed by atoms with Crippen LogP contribution in [0.5, 0.6) is 0 Å². The zero-order valence-corrected chi connectivity index (χ0v) is 11.3. The molecular weight excluding hydrogens is 314 g/mol. The van der Waals surface area contributed by atoms with Crippen molar-refractivity contribution in [1.29, 1.82) is 0 Å². The van der Waals surface area contributed by atoms with Gasteiger partial charge in [0.25, 0.3) is 0 Å². The van der Waals surface area contributed by atoms with Gasteiger partial charge in [0.2, 0.25) is 0 Å². The summed E-state index contributed by atoms with van der Waals surface area (Å²) in [6.45, 7) is 0. The molecule has 0 radical (unpaired) electrons. The van der Waals surface area contributed by atoms with Crippen LogP contribution < -0.4 is 0 Å². The molecule has 0 heterocycles. The average molecular weight is 325 g/mol. The number of rotatable bonds is 4. The predicted octanol–water partition coefficient (Wildman–Crippen LogP) is 2.91. The van der Waals surface area contributed by atoms with E-state index in [1.807, 2.05) is 0 Å². The number of benzene rings is 1. The third kappa shape index (κ3) is 2.68. The van der Waals surface area contributed by atoms with E-state index >= 15 is 0 Å². The van der Waals surface area contributed by atoms with Gasteiger partial charge in [0.1, 0.15) is 16.5 Å². The highest BCUT2D eigenvalue weighted by Crippen LogP contribution is 2.48. The Hall–Kier alpha value is -0.490. The lowest BCUT2D eigenvalue weighted by atomic mass is 10.2. The molecule has 0 aromatic heterocycles. The minimum Gasteiger partial charge on any atom is -0.224 e. The van der Waals surface area contributed by atoms with Gasteiger partial charge in [-0.15, -0.1) is 0 Å². The fourth-order valence-electron chi connectivity index (χ4n) is 1.70. The molecule has 6 heteroatoms. The molecule has 0 unspecified atom stereocenters. The monoisotopic (exact) mass is 324 g/mol. The highest BCUT2D eigenvalue weighted by Gasteiger charge is 2.45. The van der Waals surface area contributed by atoms with Crippen molar-refractivity contribution >= 4 is 25.8 Å². The summed E-state index contributed by atoms with van der Waals surface area (Å²) in [6, 6.07) is 2.55. The standard InChI is InChI=1S/C11H11BrF2O2S/c12-6-11(3-4-11)7-17(15,16)10-2-1-8(13)5-9(10)14/h1-2,5H,3-4,6-7H2. The molecule has 0 aliphatic heterocycles. The molecule has 2 rings (SSSR count). The molecule has 1 aliphatic carbocycles. The van der Waals surface area contributed by atoms with E-state index in [4.69, 9.17) is 0 Å². The second kappa shape index (κ2) is 4.31. The third-order valence-electron chi connectivity index (χ3n) is 2.97. The molecule has 1 saturated carbocycles. The summed E-state index contributed by atoms with van der Waals surface area (Å²) in [6.07, 6.45) is 1.64. The normalized spacial score (nSPS) is 18.1. The maximum absolute atomic E-state index is 13.4. The molecule has 0 saturated heterocycles. The van der Waals surface area contributed by atoms with Gasteiger partial charge in [0.05, 0.1) is 5.75 Å². The van der Waals surface area contributed by atoms with E-state index in [0.717, 1.165) is 25.0 Å². The van der Waals surface area contributed by atoms with Crippen molar-refractivity contribution in [2.45, 2.75) is 17.7 Å². The fraction of sp³-hybridized carbons (Fsp3) is 0.455. The van der Waals surface area contributed by atoms with E-state index in [9.17, 15) is 17.2 Å². The van der Waals surface area contributed by atoms with Crippen LogP contribution in [0.15, 0.2) is 23.1 Å². The van der Waals surface area contributed by atoms with Gasteiger partial charge in [0, 0.05) is 11.4 Å². The molecule has 1 aliphatic rings. The van der Waals surface area contributed by atoms with Gasteiger partial charge in [-0.25, -0.2) is 17.2 Å². The van der Waals surface area contributed by atoms with Crippen LogP contribution in [0.3, 0.4) is 0 Å². The van der Waals surface area contributed by atoms with Gasteiger partial charge in [-0.1, -0.05) is 15.9 Å². The highest BCUT2D eigenvalue weighted by atomic mass is 79.9. The van der Waals surface area contributed by atoms with Crippen LogP contribution in [-0.4, -0.2) is 19.5 Å². The Morgan fingerprint density at radius 1 is 1.29 bits per heavy atom. The summed E-state index contributed by atoms with van der Waals surface area (Å²) in [4.78, 5) is -0.411. The first-order valence-corrected chi connectivity index (χ1v) is 7.90. The van der Waals surface area contributed by atoms with Crippen molar-refractivity contribution in [3.8, 4) is 0 Å². The molecular formula is C11H11BrF2O2S. The van der Waals surface area contributed by atoms with Crippen LogP contribution in [0.25, 0.3) is 0 Å². The predicted molar refractivity (Wildman–Crippen MR) is 63.9 cm³/mol. The summed E-state index contributed by atoms with van der Waals surface area (Å²) >= 11 is 3.27. The lowest BCUT2D eigenvalue weighted by Crippen LogP contribution is -2.19. The number of alkyl halides is 1. The number of hydrogen-bond donors (Lipinski definition) is 0. The Morgan fingerprint density at radius 3 is 2.41 bits per heavy atom. The lowest BCUT2D eigenvalue weighted by Gasteiger charge is -2.12. The minimum atomic E-state index is -3.69. The maximum atomic E-state index is 13.4. The van der Waals surface area contributed by atoms with Crippen molar-refractivity contribution in [3.05, 3.63) is 29.8 Å². The van der Waals surface area contributed by atoms with Crippen LogP contribution in [-0.2, 0) is 9.84 Å². The van der Waals surface area contributed by atoms with Crippen molar-refractivity contribution in [2.24, 2.45) is 5.41 Å². The van der Waals surface area contributed by atoms with E-state index in [0.29, 0.717) is 11.4 Å². The quantitative estimate of drug-likeness (QED) is 0.630. The molecule has 94 valence electrons. The van der Waals surface area contributed by atoms with Gasteiger partial charge in [-0.05, 0) is 30.4 Å². The molecule has 0 amide bonds. The molecule has 0 atom stereocenters. The highest BCUT2D eigenvalue weighted by molar-refractivity contribution is 9.09. The van der Waals surface area contributed by atoms with Crippen molar-refractivity contribution < 1.29 is 17.2 Å². The maximum Gasteiger partial charge on any atom is 0.181 e. The first-order valence-electron chi connectivity index (χ1n) is 5.12. The number of halogens is 3. The second-order valence-corrected chi connectivity index (χ2v) is 6.99. The fourth-order valence-corrected chi connectivity index (χ4v) is 4.71. The minimum absolute atomic E-state index is 0.0895. The summed E-state index contributed by atoms with van der Waals surface area (Å²) in [7, 11) is -3.69. The Labute approximate surface area is 107 Å². The summed E-state index contributed by atoms with van der Waals surface area (Å²) in [5.74, 6) is -1.88. The molecule has 17 heavy (non-hydrogen) atoms. The van der Waals surface area contributed by atoms with Gasteiger partial charge >= 0.3 is 0 Å². The third-order valence-corrected chi connectivity index (χ3v) is 6.15. The largest absolute Gasteiger partial charge is 0.224 e. The van der Waals surface area contributed by atoms with Crippen molar-refractivity contribution in [3.63, 3.8) is 0 Å². The molecule has 1 aromatic carbocycles. The summed E-state index contributed by atoms with van der Waals surface area (Å²) in [5.41, 5.74) is -0.264. The first kappa shape index (κ1) is 13.0. The number of hydrogen-bond acceptors (Lipinski definition) is 2. The molecule has 0 bridgehead atoms. The van der Waals surface area contributed by atoms with Crippen LogP contribution in [0, 0.1) is 17.0 Å². The molecule has 0 spiro atoms. The van der Waals surface area contributed by atoms with Crippen LogP contribution in [0.1, 0.15) is 12.8 Å². The Bertz CT molecular complexity index is 538.